The van der Waals surface area contributed by atoms with Gasteiger partial charge in [0, 0.05) is 19.1 Å². The molecule has 1 N–H and O–H groups in total. The molecular weight excluding hydrogens is 226 g/mol. The lowest BCUT2D eigenvalue weighted by molar-refractivity contribution is 0.460. The molecular formula is C13H21N5. The van der Waals surface area contributed by atoms with Crippen LogP contribution in [0.3, 0.4) is 0 Å². The highest BCUT2D eigenvalue weighted by atomic mass is 15.3. The third kappa shape index (κ3) is 2.71. The molecule has 3 rings (SSSR count). The van der Waals surface area contributed by atoms with Crippen molar-refractivity contribution in [2.75, 3.05) is 23.3 Å². The molecule has 0 atom stereocenters. The summed E-state index contributed by atoms with van der Waals surface area (Å²) in [5.74, 6) is 1.67. The summed E-state index contributed by atoms with van der Waals surface area (Å²) in [5, 5.41) is 11.6. The molecule has 1 aromatic heterocycles. The fraction of sp³-hybridized carbons (Fsp3) is 0.769. The summed E-state index contributed by atoms with van der Waals surface area (Å²) in [7, 11) is 0. The summed E-state index contributed by atoms with van der Waals surface area (Å²) < 4.78 is 0. The van der Waals surface area contributed by atoms with Crippen LogP contribution >= 0.6 is 0 Å². The standard InChI is InChI=1S/C13H21N5/c1-2-6-11(7-3-1)15-13-16-12(10-14-17-13)18-8-4-5-9-18/h10-11H,1-9H2,(H,15,16,17). The predicted octanol–water partition coefficient (Wildman–Crippen LogP) is 2.22. The minimum Gasteiger partial charge on any atom is -0.355 e. The van der Waals surface area contributed by atoms with Crippen molar-refractivity contribution in [1.82, 2.24) is 15.2 Å². The van der Waals surface area contributed by atoms with Crippen LogP contribution in [0.5, 0.6) is 0 Å². The molecule has 1 aliphatic carbocycles. The predicted molar refractivity (Wildman–Crippen MR) is 71.8 cm³/mol. The van der Waals surface area contributed by atoms with Crippen LogP contribution in [0.1, 0.15) is 44.9 Å². The lowest BCUT2D eigenvalue weighted by Gasteiger charge is -2.23. The number of nitrogens with zero attached hydrogens (tertiary/aromatic N) is 4. The van der Waals surface area contributed by atoms with Crippen molar-refractivity contribution in [1.29, 1.82) is 0 Å². The average molecular weight is 247 g/mol. The van der Waals surface area contributed by atoms with Gasteiger partial charge in [-0.15, -0.1) is 5.10 Å². The normalized spacial score (nSPS) is 21.2. The molecule has 0 unspecified atom stereocenters. The first-order valence-corrected chi connectivity index (χ1v) is 7.13. The summed E-state index contributed by atoms with van der Waals surface area (Å²) in [5.41, 5.74) is 0. The largest absolute Gasteiger partial charge is 0.355 e. The van der Waals surface area contributed by atoms with Crippen LogP contribution in [0, 0.1) is 0 Å². The van der Waals surface area contributed by atoms with Gasteiger partial charge in [0.1, 0.15) is 0 Å². The fourth-order valence-corrected chi connectivity index (χ4v) is 2.88. The first-order valence-electron chi connectivity index (χ1n) is 7.13. The zero-order valence-corrected chi connectivity index (χ0v) is 10.8. The quantitative estimate of drug-likeness (QED) is 0.887. The Hall–Kier alpha value is -1.39. The first kappa shape index (κ1) is 11.7. The lowest BCUT2D eigenvalue weighted by atomic mass is 9.96. The molecule has 98 valence electrons. The van der Waals surface area contributed by atoms with Crippen molar-refractivity contribution in [2.24, 2.45) is 0 Å². The van der Waals surface area contributed by atoms with Crippen LogP contribution < -0.4 is 10.2 Å². The Morgan fingerprint density at radius 3 is 2.61 bits per heavy atom. The fourth-order valence-electron chi connectivity index (χ4n) is 2.88. The molecule has 5 nitrogen and oxygen atoms in total. The van der Waals surface area contributed by atoms with E-state index in [1.165, 1.54) is 44.9 Å². The Bertz CT molecular complexity index is 383. The van der Waals surface area contributed by atoms with Gasteiger partial charge in [0.2, 0.25) is 5.95 Å². The molecule has 1 saturated carbocycles. The first-order chi connectivity index (χ1) is 8.92. The average Bonchev–Trinajstić information content (AvgIpc) is 2.94. The molecule has 1 aromatic rings. The maximum absolute atomic E-state index is 4.59. The Morgan fingerprint density at radius 2 is 1.83 bits per heavy atom. The maximum Gasteiger partial charge on any atom is 0.244 e. The molecule has 0 bridgehead atoms. The van der Waals surface area contributed by atoms with Gasteiger partial charge in [0.05, 0.1) is 6.20 Å². The van der Waals surface area contributed by atoms with Crippen LogP contribution in [0.4, 0.5) is 11.8 Å². The summed E-state index contributed by atoms with van der Waals surface area (Å²) >= 11 is 0. The summed E-state index contributed by atoms with van der Waals surface area (Å²) in [4.78, 5) is 6.88. The minimum absolute atomic E-state index is 0.536. The Balaban J connectivity index is 1.66. The van der Waals surface area contributed by atoms with Gasteiger partial charge in [0.15, 0.2) is 5.82 Å². The van der Waals surface area contributed by atoms with E-state index in [-0.39, 0.29) is 0 Å². The summed E-state index contributed by atoms with van der Waals surface area (Å²) in [6.07, 6.45) is 10.8. The number of anilines is 2. The van der Waals surface area contributed by atoms with Gasteiger partial charge in [-0.2, -0.15) is 10.1 Å². The van der Waals surface area contributed by atoms with Gasteiger partial charge < -0.3 is 10.2 Å². The SMILES string of the molecule is c1nnc(NC2CCCCC2)nc1N1CCCC1. The summed E-state index contributed by atoms with van der Waals surface area (Å²) in [6.45, 7) is 2.20. The van der Waals surface area contributed by atoms with Crippen molar-refractivity contribution in [2.45, 2.75) is 51.0 Å². The molecule has 0 amide bonds. The molecule has 0 radical (unpaired) electrons. The van der Waals surface area contributed by atoms with E-state index < -0.39 is 0 Å². The highest BCUT2D eigenvalue weighted by Crippen LogP contribution is 2.21. The van der Waals surface area contributed by atoms with E-state index in [0.717, 1.165) is 18.9 Å². The van der Waals surface area contributed by atoms with Gasteiger partial charge in [-0.3, -0.25) is 0 Å². The second kappa shape index (κ2) is 5.50. The lowest BCUT2D eigenvalue weighted by Crippen LogP contribution is -2.25. The Morgan fingerprint density at radius 1 is 1.06 bits per heavy atom. The summed E-state index contributed by atoms with van der Waals surface area (Å²) in [6, 6.07) is 0.536. The van der Waals surface area contributed by atoms with E-state index in [2.05, 4.69) is 25.4 Å². The van der Waals surface area contributed by atoms with Crippen LogP contribution in [0.2, 0.25) is 0 Å². The second-order valence-electron chi connectivity index (χ2n) is 5.31. The number of hydrogen-bond acceptors (Lipinski definition) is 5. The molecule has 2 heterocycles. The minimum atomic E-state index is 0.536. The van der Waals surface area contributed by atoms with E-state index in [1.807, 2.05) is 0 Å². The van der Waals surface area contributed by atoms with Crippen LogP contribution in [-0.2, 0) is 0 Å². The molecule has 0 spiro atoms. The number of hydrogen-bond donors (Lipinski definition) is 1. The van der Waals surface area contributed by atoms with Crippen LogP contribution in [-0.4, -0.2) is 34.3 Å². The molecule has 5 heteroatoms. The molecule has 2 aliphatic rings. The van der Waals surface area contributed by atoms with Crippen molar-refractivity contribution in [3.05, 3.63) is 6.20 Å². The second-order valence-corrected chi connectivity index (χ2v) is 5.31. The highest BCUT2D eigenvalue weighted by Gasteiger charge is 2.17. The monoisotopic (exact) mass is 247 g/mol. The molecule has 0 aromatic carbocycles. The number of aromatic nitrogens is 3. The van der Waals surface area contributed by atoms with Gasteiger partial charge in [-0.1, -0.05) is 19.3 Å². The van der Waals surface area contributed by atoms with Crippen molar-refractivity contribution >= 4 is 11.8 Å². The van der Waals surface area contributed by atoms with E-state index in [4.69, 9.17) is 0 Å². The van der Waals surface area contributed by atoms with E-state index >= 15 is 0 Å². The topological polar surface area (TPSA) is 53.9 Å². The van der Waals surface area contributed by atoms with Gasteiger partial charge in [-0.05, 0) is 25.7 Å². The zero-order valence-electron chi connectivity index (χ0n) is 10.8. The number of nitrogens with one attached hydrogen (secondary N) is 1. The molecule has 2 fully saturated rings. The zero-order chi connectivity index (χ0) is 12.2. The number of rotatable bonds is 3. The Labute approximate surface area is 108 Å². The Kier molecular flexibility index (Phi) is 3.57. The highest BCUT2D eigenvalue weighted by molar-refractivity contribution is 5.41. The van der Waals surface area contributed by atoms with Crippen LogP contribution in [0.25, 0.3) is 0 Å². The third-order valence-corrected chi connectivity index (χ3v) is 3.91. The molecule has 1 aliphatic heterocycles. The van der Waals surface area contributed by atoms with E-state index in [9.17, 15) is 0 Å². The van der Waals surface area contributed by atoms with E-state index in [0.29, 0.717) is 12.0 Å². The van der Waals surface area contributed by atoms with Gasteiger partial charge in [-0.25, -0.2) is 0 Å². The molecule has 18 heavy (non-hydrogen) atoms. The third-order valence-electron chi connectivity index (χ3n) is 3.91. The molecule has 1 saturated heterocycles. The van der Waals surface area contributed by atoms with Gasteiger partial charge in [0.25, 0.3) is 0 Å². The van der Waals surface area contributed by atoms with Crippen molar-refractivity contribution in [3.8, 4) is 0 Å². The van der Waals surface area contributed by atoms with Crippen LogP contribution in [0.15, 0.2) is 6.20 Å². The maximum atomic E-state index is 4.59. The van der Waals surface area contributed by atoms with Crippen molar-refractivity contribution < 1.29 is 0 Å². The van der Waals surface area contributed by atoms with Gasteiger partial charge >= 0.3 is 0 Å². The van der Waals surface area contributed by atoms with Crippen molar-refractivity contribution in [3.63, 3.8) is 0 Å². The smallest absolute Gasteiger partial charge is 0.244 e. The van der Waals surface area contributed by atoms with E-state index in [1.54, 1.807) is 6.20 Å².